The van der Waals surface area contributed by atoms with Crippen LogP contribution in [0, 0.1) is 6.92 Å². The van der Waals surface area contributed by atoms with Gasteiger partial charge in [0.1, 0.15) is 0 Å². The summed E-state index contributed by atoms with van der Waals surface area (Å²) in [5, 5.41) is 3.79. The Morgan fingerprint density at radius 1 is 1.33 bits per heavy atom. The highest BCUT2D eigenvalue weighted by Gasteiger charge is 2.11. The molecule has 2 rings (SSSR count). The lowest BCUT2D eigenvalue weighted by Gasteiger charge is -2.07. The van der Waals surface area contributed by atoms with Gasteiger partial charge in [-0.3, -0.25) is 9.78 Å². The number of pyridine rings is 1. The summed E-state index contributed by atoms with van der Waals surface area (Å²) in [5.41, 5.74) is 0.389. The molecule has 0 saturated heterocycles. The number of ether oxygens (including phenoxy) is 1. The van der Waals surface area contributed by atoms with Gasteiger partial charge in [-0.15, -0.1) is 0 Å². The zero-order valence-electron chi connectivity index (χ0n) is 9.38. The largest absolute Gasteiger partial charge is 0.429 e. The van der Waals surface area contributed by atoms with E-state index in [4.69, 9.17) is 0 Å². The molecule has 2 heterocycles. The van der Waals surface area contributed by atoms with E-state index in [0.717, 1.165) is 16.4 Å². The van der Waals surface area contributed by atoms with Crippen LogP contribution in [0.1, 0.15) is 5.69 Å². The standard InChI is InChI=1S/C11H9F2N3O2/c1-7-2-3-8(6-14-7)16-10(17)9(4-5-15-16)18-11(12)13/h2-6,11H,1H3. The highest BCUT2D eigenvalue weighted by atomic mass is 19.3. The average molecular weight is 253 g/mol. The van der Waals surface area contributed by atoms with Crippen molar-refractivity contribution in [3.63, 3.8) is 0 Å². The SMILES string of the molecule is Cc1ccc(-n2nccc(OC(F)F)c2=O)cn1. The number of aryl methyl sites for hydroxylation is 1. The molecular weight excluding hydrogens is 244 g/mol. The minimum absolute atomic E-state index is 0.380. The summed E-state index contributed by atoms with van der Waals surface area (Å²) in [4.78, 5) is 15.8. The van der Waals surface area contributed by atoms with E-state index in [0.29, 0.717) is 5.69 Å². The summed E-state index contributed by atoms with van der Waals surface area (Å²) < 4.78 is 29.2. The van der Waals surface area contributed by atoms with E-state index in [-0.39, 0.29) is 0 Å². The molecule has 2 aromatic rings. The van der Waals surface area contributed by atoms with Crippen LogP contribution in [0.25, 0.3) is 5.69 Å². The fourth-order valence-electron chi connectivity index (χ4n) is 1.35. The molecule has 0 atom stereocenters. The topological polar surface area (TPSA) is 57.0 Å². The van der Waals surface area contributed by atoms with Crippen molar-refractivity contribution in [2.24, 2.45) is 0 Å². The second-order valence-corrected chi connectivity index (χ2v) is 3.45. The van der Waals surface area contributed by atoms with Gasteiger partial charge in [-0.2, -0.15) is 18.6 Å². The maximum atomic E-state index is 12.1. The highest BCUT2D eigenvalue weighted by molar-refractivity contribution is 5.30. The third kappa shape index (κ3) is 2.50. The molecule has 0 bridgehead atoms. The first-order chi connectivity index (χ1) is 8.58. The van der Waals surface area contributed by atoms with Crippen LogP contribution in [0.3, 0.4) is 0 Å². The van der Waals surface area contributed by atoms with Gasteiger partial charge in [0.25, 0.3) is 0 Å². The van der Waals surface area contributed by atoms with Crippen LogP contribution >= 0.6 is 0 Å². The van der Waals surface area contributed by atoms with Crippen molar-refractivity contribution in [2.45, 2.75) is 13.5 Å². The van der Waals surface area contributed by atoms with Gasteiger partial charge in [-0.25, -0.2) is 0 Å². The molecule has 0 unspecified atom stereocenters. The third-order valence-corrected chi connectivity index (χ3v) is 2.17. The first kappa shape index (κ1) is 12.2. The molecular formula is C11H9F2N3O2. The Morgan fingerprint density at radius 2 is 2.11 bits per heavy atom. The van der Waals surface area contributed by atoms with Gasteiger partial charge in [0, 0.05) is 11.8 Å². The van der Waals surface area contributed by atoms with Crippen molar-refractivity contribution >= 4 is 0 Å². The summed E-state index contributed by atoms with van der Waals surface area (Å²) in [5.74, 6) is -0.458. The Morgan fingerprint density at radius 3 is 2.72 bits per heavy atom. The molecule has 0 aliphatic rings. The lowest BCUT2D eigenvalue weighted by atomic mass is 10.3. The third-order valence-electron chi connectivity index (χ3n) is 2.17. The molecule has 94 valence electrons. The van der Waals surface area contributed by atoms with E-state index in [1.54, 1.807) is 19.1 Å². The smallest absolute Gasteiger partial charge is 0.387 e. The lowest BCUT2D eigenvalue weighted by molar-refractivity contribution is -0.0511. The molecule has 0 aromatic carbocycles. The van der Waals surface area contributed by atoms with Gasteiger partial charge < -0.3 is 4.74 Å². The minimum Gasteiger partial charge on any atom is -0.429 e. The van der Waals surface area contributed by atoms with Crippen molar-refractivity contribution in [1.29, 1.82) is 0 Å². The van der Waals surface area contributed by atoms with Gasteiger partial charge in [0.15, 0.2) is 5.75 Å². The lowest BCUT2D eigenvalue weighted by Crippen LogP contribution is -2.23. The molecule has 0 aliphatic heterocycles. The van der Waals surface area contributed by atoms with Crippen LogP contribution < -0.4 is 10.3 Å². The molecule has 0 fully saturated rings. The number of hydrogen-bond acceptors (Lipinski definition) is 4. The van der Waals surface area contributed by atoms with Crippen molar-refractivity contribution in [3.8, 4) is 11.4 Å². The van der Waals surface area contributed by atoms with Gasteiger partial charge in [0.2, 0.25) is 0 Å². The number of alkyl halides is 2. The molecule has 0 radical (unpaired) electrons. The Kier molecular flexibility index (Phi) is 3.31. The molecule has 0 aliphatic carbocycles. The minimum atomic E-state index is -3.05. The predicted octanol–water partition coefficient (Wildman–Crippen LogP) is 1.54. The Labute approximate surface area is 101 Å². The number of aromatic nitrogens is 3. The van der Waals surface area contributed by atoms with Crippen molar-refractivity contribution in [2.75, 3.05) is 0 Å². The summed E-state index contributed by atoms with van der Waals surface area (Å²) in [6.45, 7) is -1.26. The van der Waals surface area contributed by atoms with Crippen LogP contribution in [0.2, 0.25) is 0 Å². The summed E-state index contributed by atoms with van der Waals surface area (Å²) >= 11 is 0. The zero-order chi connectivity index (χ0) is 13.1. The molecule has 0 amide bonds. The fraction of sp³-hybridized carbons (Fsp3) is 0.182. The molecule has 0 spiro atoms. The number of nitrogens with zero attached hydrogens (tertiary/aromatic N) is 3. The average Bonchev–Trinajstić information content (AvgIpc) is 2.33. The zero-order valence-corrected chi connectivity index (χ0v) is 9.38. The van der Waals surface area contributed by atoms with Crippen molar-refractivity contribution < 1.29 is 13.5 Å². The Balaban J connectivity index is 2.46. The van der Waals surface area contributed by atoms with Crippen LogP contribution in [-0.4, -0.2) is 21.4 Å². The van der Waals surface area contributed by atoms with Gasteiger partial charge in [-0.05, 0) is 19.1 Å². The van der Waals surface area contributed by atoms with E-state index < -0.39 is 17.9 Å². The second kappa shape index (κ2) is 4.91. The quantitative estimate of drug-likeness (QED) is 0.832. The number of hydrogen-bond donors (Lipinski definition) is 0. The van der Waals surface area contributed by atoms with Crippen LogP contribution in [0.4, 0.5) is 8.78 Å². The molecule has 7 heteroatoms. The fourth-order valence-corrected chi connectivity index (χ4v) is 1.35. The van der Waals surface area contributed by atoms with Crippen LogP contribution in [0.15, 0.2) is 35.4 Å². The van der Waals surface area contributed by atoms with Gasteiger partial charge in [0.05, 0.1) is 18.1 Å². The molecule has 0 saturated carbocycles. The highest BCUT2D eigenvalue weighted by Crippen LogP contribution is 2.08. The Hall–Kier alpha value is -2.31. The van der Waals surface area contributed by atoms with Gasteiger partial charge >= 0.3 is 12.2 Å². The number of halogens is 2. The first-order valence-electron chi connectivity index (χ1n) is 5.04. The second-order valence-electron chi connectivity index (χ2n) is 3.45. The molecule has 0 N–H and O–H groups in total. The van der Waals surface area contributed by atoms with Crippen LogP contribution in [0.5, 0.6) is 5.75 Å². The summed E-state index contributed by atoms with van der Waals surface area (Å²) in [6, 6.07) is 4.39. The summed E-state index contributed by atoms with van der Waals surface area (Å²) in [7, 11) is 0. The van der Waals surface area contributed by atoms with Crippen LogP contribution in [-0.2, 0) is 0 Å². The first-order valence-corrected chi connectivity index (χ1v) is 5.04. The van der Waals surface area contributed by atoms with E-state index in [1.165, 1.54) is 12.4 Å². The van der Waals surface area contributed by atoms with E-state index in [1.807, 2.05) is 0 Å². The van der Waals surface area contributed by atoms with E-state index >= 15 is 0 Å². The maximum absolute atomic E-state index is 12.1. The molecule has 5 nitrogen and oxygen atoms in total. The van der Waals surface area contributed by atoms with Crippen molar-refractivity contribution in [1.82, 2.24) is 14.8 Å². The molecule has 2 aromatic heterocycles. The maximum Gasteiger partial charge on any atom is 0.387 e. The number of rotatable bonds is 3. The van der Waals surface area contributed by atoms with Crippen molar-refractivity contribution in [3.05, 3.63) is 46.6 Å². The normalized spacial score (nSPS) is 10.7. The van der Waals surface area contributed by atoms with Gasteiger partial charge in [-0.1, -0.05) is 0 Å². The summed E-state index contributed by atoms with van der Waals surface area (Å²) in [6.07, 6.45) is 2.63. The van der Waals surface area contributed by atoms with E-state index in [9.17, 15) is 13.6 Å². The van der Waals surface area contributed by atoms with E-state index in [2.05, 4.69) is 14.8 Å². The Bertz CT molecular complexity index is 596. The predicted molar refractivity (Wildman–Crippen MR) is 59.0 cm³/mol. The molecule has 18 heavy (non-hydrogen) atoms. The monoisotopic (exact) mass is 253 g/mol.